The molecule has 1 aliphatic heterocycles. The van der Waals surface area contributed by atoms with Crippen molar-refractivity contribution in [3.8, 4) is 0 Å². The Labute approximate surface area is 146 Å². The fraction of sp³-hybridized carbons (Fsp3) is 0.143. The molecule has 3 aromatic carbocycles. The van der Waals surface area contributed by atoms with Crippen LogP contribution in [0.4, 0.5) is 11.4 Å². The van der Waals surface area contributed by atoms with Crippen molar-refractivity contribution in [3.05, 3.63) is 71.8 Å². The zero-order valence-corrected chi connectivity index (χ0v) is 14.1. The molecule has 1 aliphatic rings. The van der Waals surface area contributed by atoms with Gasteiger partial charge >= 0.3 is 0 Å². The van der Waals surface area contributed by atoms with Gasteiger partial charge in [-0.1, -0.05) is 42.0 Å². The van der Waals surface area contributed by atoms with Crippen molar-refractivity contribution in [3.63, 3.8) is 0 Å². The molecule has 0 aliphatic carbocycles. The van der Waals surface area contributed by atoms with Gasteiger partial charge < -0.3 is 5.32 Å². The highest BCUT2D eigenvalue weighted by Gasteiger charge is 2.35. The minimum Gasteiger partial charge on any atom is -0.324 e. The number of hydrogen-bond donors (Lipinski definition) is 1. The maximum absolute atomic E-state index is 12.9. The molecular weight excluding hydrogens is 312 g/mol. The lowest BCUT2D eigenvalue weighted by Crippen LogP contribution is -2.44. The third-order valence-electron chi connectivity index (χ3n) is 4.68. The summed E-state index contributed by atoms with van der Waals surface area (Å²) >= 11 is 0. The first-order valence-corrected chi connectivity index (χ1v) is 8.29. The third-order valence-corrected chi connectivity index (χ3v) is 4.68. The van der Waals surface area contributed by atoms with E-state index in [2.05, 4.69) is 5.32 Å². The maximum atomic E-state index is 12.9. The molecule has 2 amide bonds. The van der Waals surface area contributed by atoms with Crippen LogP contribution in [-0.4, -0.2) is 17.9 Å². The van der Waals surface area contributed by atoms with Crippen molar-refractivity contribution >= 4 is 34.0 Å². The number of anilines is 2. The summed E-state index contributed by atoms with van der Waals surface area (Å²) in [7, 11) is 0. The summed E-state index contributed by atoms with van der Waals surface area (Å²) in [4.78, 5) is 27.1. The first kappa shape index (κ1) is 15.4. The van der Waals surface area contributed by atoms with Gasteiger partial charge in [0.2, 0.25) is 5.91 Å². The molecule has 0 aromatic heterocycles. The Kier molecular flexibility index (Phi) is 3.53. The van der Waals surface area contributed by atoms with E-state index in [-0.39, 0.29) is 11.8 Å². The van der Waals surface area contributed by atoms with Crippen LogP contribution in [-0.2, 0) is 4.79 Å². The van der Waals surface area contributed by atoms with Crippen LogP contribution in [0.5, 0.6) is 0 Å². The van der Waals surface area contributed by atoms with Gasteiger partial charge in [0.15, 0.2) is 0 Å². The average molecular weight is 330 g/mol. The van der Waals surface area contributed by atoms with Crippen LogP contribution in [0.2, 0.25) is 0 Å². The number of rotatable bonds is 3. The molecule has 1 N–H and O–H groups in total. The van der Waals surface area contributed by atoms with Crippen LogP contribution >= 0.6 is 0 Å². The molecule has 0 radical (unpaired) electrons. The van der Waals surface area contributed by atoms with Crippen LogP contribution in [0, 0.1) is 6.92 Å². The van der Waals surface area contributed by atoms with Crippen LogP contribution in [0.1, 0.15) is 22.8 Å². The van der Waals surface area contributed by atoms with Gasteiger partial charge in [-0.2, -0.15) is 0 Å². The van der Waals surface area contributed by atoms with Crippen LogP contribution < -0.4 is 10.2 Å². The van der Waals surface area contributed by atoms with E-state index in [0.717, 1.165) is 27.7 Å². The first-order valence-electron chi connectivity index (χ1n) is 8.29. The molecule has 1 heterocycles. The van der Waals surface area contributed by atoms with Gasteiger partial charge in [-0.15, -0.1) is 0 Å². The van der Waals surface area contributed by atoms with E-state index in [1.165, 1.54) is 0 Å². The smallest absolute Gasteiger partial charge is 0.259 e. The van der Waals surface area contributed by atoms with E-state index < -0.39 is 6.04 Å². The number of aryl methyl sites for hydroxylation is 1. The molecule has 0 saturated carbocycles. The fourth-order valence-corrected chi connectivity index (χ4v) is 3.32. The van der Waals surface area contributed by atoms with E-state index >= 15 is 0 Å². The fourth-order valence-electron chi connectivity index (χ4n) is 3.32. The second-order valence-corrected chi connectivity index (χ2v) is 6.39. The topological polar surface area (TPSA) is 49.4 Å². The Balaban J connectivity index is 1.66. The minimum atomic E-state index is -0.605. The molecule has 4 heteroatoms. The Hall–Kier alpha value is -3.14. The molecule has 0 saturated heterocycles. The molecule has 0 bridgehead atoms. The Bertz CT molecular complexity index is 987. The summed E-state index contributed by atoms with van der Waals surface area (Å²) in [6.45, 7) is 3.75. The average Bonchev–Trinajstić information content (AvgIpc) is 2.91. The van der Waals surface area contributed by atoms with Crippen molar-refractivity contribution in [2.45, 2.75) is 19.9 Å². The minimum absolute atomic E-state index is 0.127. The summed E-state index contributed by atoms with van der Waals surface area (Å²) in [5, 5.41) is 4.82. The van der Waals surface area contributed by atoms with E-state index in [9.17, 15) is 9.59 Å². The molecule has 0 spiro atoms. The maximum Gasteiger partial charge on any atom is 0.259 e. The number of nitrogens with one attached hydrogen (secondary N) is 1. The summed E-state index contributed by atoms with van der Waals surface area (Å²) in [6.07, 6.45) is 0. The van der Waals surface area contributed by atoms with Gasteiger partial charge in [-0.25, -0.2) is 0 Å². The number of carbonyl (C=O) groups is 2. The molecule has 0 fully saturated rings. The number of carbonyl (C=O) groups excluding carboxylic acids is 2. The van der Waals surface area contributed by atoms with Crippen LogP contribution in [0.25, 0.3) is 10.8 Å². The zero-order chi connectivity index (χ0) is 17.6. The van der Waals surface area contributed by atoms with Gasteiger partial charge in [-0.3, -0.25) is 14.5 Å². The number of hydrogen-bond acceptors (Lipinski definition) is 2. The number of nitrogens with zero attached hydrogens (tertiary/aromatic N) is 1. The van der Waals surface area contributed by atoms with Crippen molar-refractivity contribution in [2.75, 3.05) is 10.2 Å². The van der Waals surface area contributed by atoms with Crippen LogP contribution in [0.3, 0.4) is 0 Å². The summed E-state index contributed by atoms with van der Waals surface area (Å²) in [5.74, 6) is -0.333. The lowest BCUT2D eigenvalue weighted by atomic mass is 10.1. The third kappa shape index (κ3) is 2.47. The van der Waals surface area contributed by atoms with Crippen molar-refractivity contribution in [1.82, 2.24) is 0 Å². The summed E-state index contributed by atoms with van der Waals surface area (Å²) in [6, 6.07) is 18.5. The van der Waals surface area contributed by atoms with Gasteiger partial charge in [-0.05, 0) is 43.5 Å². The quantitative estimate of drug-likeness (QED) is 0.785. The second kappa shape index (κ2) is 5.74. The number of benzene rings is 3. The van der Waals surface area contributed by atoms with Gasteiger partial charge in [0.05, 0.1) is 5.69 Å². The SMILES string of the molecule is Cc1ccc(NC(=O)[C@H](C)N2C(=O)c3cccc4cccc2c34)cc1. The van der Waals surface area contributed by atoms with Crippen molar-refractivity contribution < 1.29 is 9.59 Å². The van der Waals surface area contributed by atoms with Crippen molar-refractivity contribution in [1.29, 1.82) is 0 Å². The lowest BCUT2D eigenvalue weighted by molar-refractivity contribution is -0.117. The molecule has 25 heavy (non-hydrogen) atoms. The van der Waals surface area contributed by atoms with Crippen molar-refractivity contribution in [2.24, 2.45) is 0 Å². The van der Waals surface area contributed by atoms with E-state index in [1.54, 1.807) is 11.8 Å². The van der Waals surface area contributed by atoms with Gasteiger partial charge in [0, 0.05) is 16.6 Å². The first-order chi connectivity index (χ1) is 12.1. The van der Waals surface area contributed by atoms with Crippen LogP contribution in [0.15, 0.2) is 60.7 Å². The molecular formula is C21H18N2O2. The summed E-state index contributed by atoms with van der Waals surface area (Å²) < 4.78 is 0. The Morgan fingerprint density at radius 3 is 2.40 bits per heavy atom. The molecule has 0 unspecified atom stereocenters. The lowest BCUT2D eigenvalue weighted by Gasteiger charge is -2.24. The second-order valence-electron chi connectivity index (χ2n) is 6.39. The van der Waals surface area contributed by atoms with E-state index in [4.69, 9.17) is 0 Å². The number of amides is 2. The Morgan fingerprint density at radius 2 is 1.68 bits per heavy atom. The molecule has 3 aromatic rings. The van der Waals surface area contributed by atoms with E-state index in [1.807, 2.05) is 67.6 Å². The highest BCUT2D eigenvalue weighted by molar-refractivity contribution is 6.26. The Morgan fingerprint density at radius 1 is 1.00 bits per heavy atom. The van der Waals surface area contributed by atoms with E-state index in [0.29, 0.717) is 5.56 Å². The van der Waals surface area contributed by atoms with Gasteiger partial charge in [0.25, 0.3) is 5.91 Å². The largest absolute Gasteiger partial charge is 0.324 e. The monoisotopic (exact) mass is 330 g/mol. The molecule has 4 nitrogen and oxygen atoms in total. The molecule has 124 valence electrons. The normalized spacial score (nSPS) is 14.0. The highest BCUT2D eigenvalue weighted by atomic mass is 16.2. The predicted octanol–water partition coefficient (Wildman–Crippen LogP) is 4.14. The molecule has 1 atom stereocenters. The standard InChI is InChI=1S/C21H18N2O2/c1-13-9-11-16(12-10-13)22-20(24)14(2)23-18-8-4-6-15-5-3-7-17(19(15)18)21(23)25/h3-12,14H,1-2H3,(H,22,24)/t14-/m0/s1. The van der Waals surface area contributed by atoms with Gasteiger partial charge in [0.1, 0.15) is 6.04 Å². The predicted molar refractivity (Wildman–Crippen MR) is 100 cm³/mol. The summed E-state index contributed by atoms with van der Waals surface area (Å²) in [5.41, 5.74) is 3.31. The highest BCUT2D eigenvalue weighted by Crippen LogP contribution is 2.38. The molecule has 4 rings (SSSR count). The zero-order valence-electron chi connectivity index (χ0n) is 14.1.